The molecule has 0 aromatic heterocycles. The molecule has 0 bridgehead atoms. The number of ketones is 2. The van der Waals surface area contributed by atoms with Gasteiger partial charge in [0, 0.05) is 23.5 Å². The van der Waals surface area contributed by atoms with Gasteiger partial charge in [-0.1, -0.05) is 24.3 Å². The molecule has 4 amide bonds. The van der Waals surface area contributed by atoms with Crippen molar-refractivity contribution >= 4 is 69.3 Å². The van der Waals surface area contributed by atoms with Gasteiger partial charge in [0.25, 0.3) is 29.1 Å². The molecule has 0 spiro atoms. The second-order valence-electron chi connectivity index (χ2n) is 9.21. The molecule has 4 rings (SSSR count). The molecule has 0 radical (unpaired) electrons. The van der Waals surface area contributed by atoms with Gasteiger partial charge in [-0.05, 0) is 60.7 Å². The fraction of sp³-hybridized carbons (Fsp3) is 0. The topological polar surface area (TPSA) is 237 Å². The molecule has 0 aliphatic rings. The lowest BCUT2D eigenvalue weighted by molar-refractivity contribution is -0.384. The summed E-state index contributed by atoms with van der Waals surface area (Å²) in [5.41, 5.74) is -0.871. The number of nitro benzene ring substituents is 1. The number of amides is 4. The van der Waals surface area contributed by atoms with Crippen LogP contribution < -0.4 is 26.5 Å². The molecule has 0 fully saturated rings. The molecule has 16 nitrogen and oxygen atoms in total. The maximum atomic E-state index is 12.9. The first-order chi connectivity index (χ1) is 21.9. The van der Waals surface area contributed by atoms with Gasteiger partial charge in [0.2, 0.25) is 0 Å². The predicted octanol–water partition coefficient (Wildman–Crippen LogP) is 3.40. The molecule has 4 aromatic rings. The van der Waals surface area contributed by atoms with Crippen molar-refractivity contribution in [2.24, 2.45) is 0 Å². The van der Waals surface area contributed by atoms with Gasteiger partial charge < -0.3 is 21.3 Å². The molecule has 0 unspecified atom stereocenters. The number of carbonyl (C=O) groups excluding carboxylic acids is 6. The minimum atomic E-state index is -1.27. The van der Waals surface area contributed by atoms with E-state index in [0.29, 0.717) is 0 Å². The standard InChI is InChI=1S/C30H22N6O10/c37-25(27(39)31-17-9-13-19(14-10-17)35(43)44)21-5-1-3-7-23(21)33-29(41)30(42)34-24-8-4-2-6-22(24)26(38)28(40)32-18-11-15-20(16-12-18)36(45)46/h1-16,43-44H,(H,31,39)(H,32,40)(H,33,41)(H,34,42). The van der Waals surface area contributed by atoms with Gasteiger partial charge >= 0.3 is 11.8 Å². The fourth-order valence-electron chi connectivity index (χ4n) is 3.90. The molecule has 4 aromatic carbocycles. The van der Waals surface area contributed by atoms with Crippen molar-refractivity contribution in [3.05, 3.63) is 118 Å². The van der Waals surface area contributed by atoms with Gasteiger partial charge in [0.05, 0.1) is 33.1 Å². The number of hydrogen-bond donors (Lipinski definition) is 6. The lowest BCUT2D eigenvalue weighted by Crippen LogP contribution is -2.32. The van der Waals surface area contributed by atoms with Crippen LogP contribution in [0.2, 0.25) is 0 Å². The highest BCUT2D eigenvalue weighted by molar-refractivity contribution is 6.50. The number of nitrogens with one attached hydrogen (secondary N) is 4. The highest BCUT2D eigenvalue weighted by atomic mass is 16.8. The lowest BCUT2D eigenvalue weighted by atomic mass is 10.1. The third-order valence-corrected chi connectivity index (χ3v) is 6.15. The van der Waals surface area contributed by atoms with Gasteiger partial charge in [-0.25, -0.2) is 0 Å². The van der Waals surface area contributed by atoms with Crippen molar-refractivity contribution in [1.82, 2.24) is 0 Å². The van der Waals surface area contributed by atoms with Crippen molar-refractivity contribution < 1.29 is 44.1 Å². The van der Waals surface area contributed by atoms with E-state index >= 15 is 0 Å². The first-order valence-corrected chi connectivity index (χ1v) is 13.0. The summed E-state index contributed by atoms with van der Waals surface area (Å²) >= 11 is 0. The van der Waals surface area contributed by atoms with Crippen LogP contribution >= 0.6 is 0 Å². The maximum absolute atomic E-state index is 12.9. The molecule has 6 N–H and O–H groups in total. The number of nitrogens with zero attached hydrogens (tertiary/aromatic N) is 2. The summed E-state index contributed by atoms with van der Waals surface area (Å²) in [7, 11) is 0. The van der Waals surface area contributed by atoms with E-state index in [2.05, 4.69) is 21.3 Å². The maximum Gasteiger partial charge on any atom is 0.314 e. The number of non-ortho nitro benzene ring substituents is 1. The Hall–Kier alpha value is -6.78. The summed E-state index contributed by atoms with van der Waals surface area (Å²) < 4.78 is 0. The Morgan fingerprint density at radius 3 is 1.33 bits per heavy atom. The Balaban J connectivity index is 1.42. The average molecular weight is 627 g/mol. The molecule has 0 heterocycles. The van der Waals surface area contributed by atoms with Crippen LogP contribution in [0.25, 0.3) is 0 Å². The molecule has 0 saturated heterocycles. The molecular formula is C30H22N6O10. The van der Waals surface area contributed by atoms with Crippen LogP contribution in [0.4, 0.5) is 34.1 Å². The number of hydrogen-bond acceptors (Lipinski definition) is 11. The molecule has 46 heavy (non-hydrogen) atoms. The molecule has 0 atom stereocenters. The van der Waals surface area contributed by atoms with Crippen molar-refractivity contribution in [1.29, 1.82) is 0 Å². The summed E-state index contributed by atoms with van der Waals surface area (Å²) in [6.45, 7) is 0. The Morgan fingerprint density at radius 2 is 0.935 bits per heavy atom. The minimum absolute atomic E-state index is 0.00633. The van der Waals surface area contributed by atoms with Crippen LogP contribution in [0, 0.1) is 10.1 Å². The number of carbonyl (C=O) groups is 6. The Kier molecular flexibility index (Phi) is 9.87. The fourth-order valence-corrected chi connectivity index (χ4v) is 3.90. The number of anilines is 5. The first-order valence-electron chi connectivity index (χ1n) is 13.0. The summed E-state index contributed by atoms with van der Waals surface area (Å²) in [6.07, 6.45) is 0. The van der Waals surface area contributed by atoms with Crippen molar-refractivity contribution in [3.63, 3.8) is 0 Å². The molecule has 0 aliphatic heterocycles. The minimum Gasteiger partial charge on any atom is -0.319 e. The van der Waals surface area contributed by atoms with Gasteiger partial charge in [-0.15, -0.1) is 5.23 Å². The Labute approximate surface area is 258 Å². The van der Waals surface area contributed by atoms with Crippen LogP contribution in [-0.2, 0) is 19.2 Å². The van der Waals surface area contributed by atoms with Crippen molar-refractivity contribution in [3.8, 4) is 0 Å². The first kappa shape index (κ1) is 32.1. The molecule has 16 heteroatoms. The summed E-state index contributed by atoms with van der Waals surface area (Å²) in [5.74, 6) is -6.91. The zero-order chi connectivity index (χ0) is 33.4. The monoisotopic (exact) mass is 626 g/mol. The van der Waals surface area contributed by atoms with E-state index in [1.54, 1.807) is 0 Å². The van der Waals surface area contributed by atoms with Crippen molar-refractivity contribution in [2.75, 3.05) is 26.5 Å². The smallest absolute Gasteiger partial charge is 0.314 e. The third kappa shape index (κ3) is 7.78. The van der Waals surface area contributed by atoms with Gasteiger partial charge in [-0.2, -0.15) is 0 Å². The second kappa shape index (κ2) is 14.1. The summed E-state index contributed by atoms with van der Waals surface area (Å²) in [5, 5.41) is 37.8. The average Bonchev–Trinajstić information content (AvgIpc) is 3.05. The normalized spacial score (nSPS) is 10.2. The second-order valence-corrected chi connectivity index (χ2v) is 9.21. The van der Waals surface area contributed by atoms with E-state index in [9.17, 15) is 38.9 Å². The Bertz CT molecular complexity index is 1860. The highest BCUT2D eigenvalue weighted by Gasteiger charge is 2.25. The van der Waals surface area contributed by atoms with Crippen LogP contribution in [0.1, 0.15) is 20.7 Å². The molecule has 0 saturated carbocycles. The van der Waals surface area contributed by atoms with E-state index in [-0.39, 0.29) is 50.5 Å². The van der Waals surface area contributed by atoms with E-state index < -0.39 is 40.1 Å². The number of Topliss-reactive ketones (excluding diaryl/α,β-unsaturated/α-hetero) is 2. The highest BCUT2D eigenvalue weighted by Crippen LogP contribution is 2.21. The van der Waals surface area contributed by atoms with E-state index in [4.69, 9.17) is 10.4 Å². The van der Waals surface area contributed by atoms with E-state index in [1.165, 1.54) is 84.9 Å². The van der Waals surface area contributed by atoms with E-state index in [0.717, 1.165) is 12.1 Å². The number of benzene rings is 4. The summed E-state index contributed by atoms with van der Waals surface area (Å²) in [6, 6.07) is 20.6. The molecule has 232 valence electrons. The zero-order valence-corrected chi connectivity index (χ0v) is 23.3. The summed E-state index contributed by atoms with van der Waals surface area (Å²) in [4.78, 5) is 86.7. The Morgan fingerprint density at radius 1 is 0.543 bits per heavy atom. The number of para-hydroxylation sites is 2. The van der Waals surface area contributed by atoms with Crippen LogP contribution in [0.3, 0.4) is 0 Å². The number of rotatable bonds is 10. The van der Waals surface area contributed by atoms with Gasteiger partial charge in [-0.3, -0.25) is 49.3 Å². The quantitative estimate of drug-likeness (QED) is 0.0645. The van der Waals surface area contributed by atoms with Crippen LogP contribution in [-0.4, -0.2) is 50.5 Å². The van der Waals surface area contributed by atoms with Crippen LogP contribution in [0.15, 0.2) is 97.1 Å². The zero-order valence-electron chi connectivity index (χ0n) is 23.3. The molecular weight excluding hydrogens is 604 g/mol. The molecule has 0 aliphatic carbocycles. The largest absolute Gasteiger partial charge is 0.319 e. The number of nitro groups is 1. The van der Waals surface area contributed by atoms with Crippen LogP contribution in [0.5, 0.6) is 0 Å². The van der Waals surface area contributed by atoms with Gasteiger partial charge in [0.1, 0.15) is 0 Å². The SMILES string of the molecule is O=C(Nc1ccccc1C(=O)C(=O)Nc1ccc(N(O)O)cc1)C(=O)Nc1ccccc1C(=O)C(=O)Nc1ccc([N+](=O)[O-])cc1. The predicted molar refractivity (Wildman–Crippen MR) is 162 cm³/mol. The van der Waals surface area contributed by atoms with Gasteiger partial charge in [0.15, 0.2) is 0 Å². The third-order valence-electron chi connectivity index (χ3n) is 6.15. The van der Waals surface area contributed by atoms with E-state index in [1.807, 2.05) is 0 Å². The van der Waals surface area contributed by atoms with Crippen molar-refractivity contribution in [2.45, 2.75) is 0 Å². The lowest BCUT2D eigenvalue weighted by Gasteiger charge is -2.13.